The normalized spacial score (nSPS) is 11.0. The van der Waals surface area contributed by atoms with E-state index in [4.69, 9.17) is 14.0 Å². The van der Waals surface area contributed by atoms with Crippen LogP contribution in [0.3, 0.4) is 0 Å². The number of rotatable bonds is 9. The lowest BCUT2D eigenvalue weighted by Crippen LogP contribution is -2.12. The van der Waals surface area contributed by atoms with Crippen molar-refractivity contribution in [3.63, 3.8) is 0 Å². The third-order valence-corrected chi connectivity index (χ3v) is 6.06. The maximum Gasteiger partial charge on any atom is 0.227 e. The molecule has 1 amide bonds. The Morgan fingerprint density at radius 1 is 1.09 bits per heavy atom. The fraction of sp³-hybridized carbons (Fsp3) is 0.280. The zero-order valence-corrected chi connectivity index (χ0v) is 20.3. The summed E-state index contributed by atoms with van der Waals surface area (Å²) in [7, 11) is 3.21. The fourth-order valence-corrected chi connectivity index (χ4v) is 4.09. The predicted molar refractivity (Wildman–Crippen MR) is 131 cm³/mol. The molecule has 0 aliphatic heterocycles. The van der Waals surface area contributed by atoms with E-state index >= 15 is 0 Å². The molecule has 4 aromatic rings. The molecule has 0 saturated heterocycles. The van der Waals surface area contributed by atoms with Crippen molar-refractivity contribution in [2.24, 2.45) is 0 Å². The van der Waals surface area contributed by atoms with Crippen LogP contribution in [0.25, 0.3) is 22.6 Å². The van der Waals surface area contributed by atoms with Crippen molar-refractivity contribution >= 4 is 22.4 Å². The number of thiazole rings is 1. The summed E-state index contributed by atoms with van der Waals surface area (Å²) in [4.78, 5) is 21.4. The molecule has 176 valence electrons. The number of aryl methyl sites for hydroxylation is 1. The molecule has 2 aromatic carbocycles. The largest absolute Gasteiger partial charge is 0.497 e. The fourth-order valence-electron chi connectivity index (χ4n) is 3.36. The number of nitrogens with one attached hydrogen (secondary N) is 1. The van der Waals surface area contributed by atoms with Crippen molar-refractivity contribution in [1.82, 2.24) is 15.1 Å². The van der Waals surface area contributed by atoms with Crippen molar-refractivity contribution in [2.75, 3.05) is 19.5 Å². The van der Waals surface area contributed by atoms with Crippen molar-refractivity contribution in [3.8, 4) is 34.1 Å². The maximum absolute atomic E-state index is 12.5. The SMILES string of the molecule is COc1ccc(OC)c(-c2csc(NC(=O)CCc3nc(-c4ccc(C(C)C)cc4)no3)n2)c1. The van der Waals surface area contributed by atoms with Crippen molar-refractivity contribution in [1.29, 1.82) is 0 Å². The minimum Gasteiger partial charge on any atom is -0.497 e. The van der Waals surface area contributed by atoms with Gasteiger partial charge in [0.25, 0.3) is 0 Å². The van der Waals surface area contributed by atoms with Gasteiger partial charge in [-0.1, -0.05) is 43.3 Å². The Bertz CT molecular complexity index is 1260. The van der Waals surface area contributed by atoms with Gasteiger partial charge in [-0.3, -0.25) is 4.79 Å². The van der Waals surface area contributed by atoms with Gasteiger partial charge >= 0.3 is 0 Å². The lowest BCUT2D eigenvalue weighted by atomic mass is 10.0. The number of hydrogen-bond acceptors (Lipinski definition) is 8. The molecule has 9 heteroatoms. The minimum atomic E-state index is -0.181. The Balaban J connectivity index is 1.35. The standard InChI is InChI=1S/C25H26N4O4S/c1-15(2)16-5-7-17(8-6-16)24-28-23(33-29-24)12-11-22(30)27-25-26-20(14-34-25)19-13-18(31-3)9-10-21(19)32-4/h5-10,13-15H,11-12H2,1-4H3,(H,26,27,30). The molecule has 0 aliphatic carbocycles. The average molecular weight is 479 g/mol. The molecule has 0 radical (unpaired) electrons. The number of ether oxygens (including phenoxy) is 2. The van der Waals surface area contributed by atoms with Crippen LogP contribution < -0.4 is 14.8 Å². The maximum atomic E-state index is 12.5. The van der Waals surface area contributed by atoms with Gasteiger partial charge in [-0.05, 0) is 29.7 Å². The zero-order valence-electron chi connectivity index (χ0n) is 19.5. The first kappa shape index (κ1) is 23.4. The van der Waals surface area contributed by atoms with E-state index in [1.54, 1.807) is 14.2 Å². The smallest absolute Gasteiger partial charge is 0.227 e. The monoisotopic (exact) mass is 478 g/mol. The third kappa shape index (κ3) is 5.43. The lowest BCUT2D eigenvalue weighted by Gasteiger charge is -2.08. The molecule has 1 N–H and O–H groups in total. The molecule has 0 spiro atoms. The highest BCUT2D eigenvalue weighted by Crippen LogP contribution is 2.35. The molecule has 2 aromatic heterocycles. The summed E-state index contributed by atoms with van der Waals surface area (Å²) < 4.78 is 16.0. The molecule has 0 fully saturated rings. The Morgan fingerprint density at radius 3 is 2.59 bits per heavy atom. The Hall–Kier alpha value is -3.72. The van der Waals surface area contributed by atoms with Gasteiger partial charge in [-0.15, -0.1) is 11.3 Å². The number of carbonyl (C=O) groups is 1. The Kier molecular flexibility index (Phi) is 7.22. The molecular weight excluding hydrogens is 452 g/mol. The second-order valence-corrected chi connectivity index (χ2v) is 8.80. The van der Waals surface area contributed by atoms with Crippen LogP contribution in [0, 0.1) is 0 Å². The molecule has 0 aliphatic rings. The van der Waals surface area contributed by atoms with Gasteiger partial charge < -0.3 is 19.3 Å². The quantitative estimate of drug-likeness (QED) is 0.336. The molecule has 0 bridgehead atoms. The first-order valence-electron chi connectivity index (χ1n) is 10.9. The molecule has 4 rings (SSSR count). The van der Waals surface area contributed by atoms with Gasteiger partial charge in [-0.25, -0.2) is 4.98 Å². The highest BCUT2D eigenvalue weighted by atomic mass is 32.1. The minimum absolute atomic E-state index is 0.181. The Labute approximate surface area is 202 Å². The van der Waals surface area contributed by atoms with E-state index in [0.29, 0.717) is 46.4 Å². The van der Waals surface area contributed by atoms with Crippen LogP contribution in [0.15, 0.2) is 52.4 Å². The Morgan fingerprint density at radius 2 is 1.88 bits per heavy atom. The molecule has 8 nitrogen and oxygen atoms in total. The number of nitrogens with zero attached hydrogens (tertiary/aromatic N) is 3. The van der Waals surface area contributed by atoms with Crippen molar-refractivity contribution in [2.45, 2.75) is 32.6 Å². The number of hydrogen-bond donors (Lipinski definition) is 1. The highest BCUT2D eigenvalue weighted by molar-refractivity contribution is 7.14. The van der Waals surface area contributed by atoms with Gasteiger partial charge in [0, 0.05) is 29.3 Å². The number of aromatic nitrogens is 3. The van der Waals surface area contributed by atoms with Crippen LogP contribution in [-0.2, 0) is 11.2 Å². The van der Waals surface area contributed by atoms with Gasteiger partial charge in [0.15, 0.2) is 5.13 Å². The molecule has 34 heavy (non-hydrogen) atoms. The second-order valence-electron chi connectivity index (χ2n) is 7.94. The van der Waals surface area contributed by atoms with Crippen LogP contribution in [0.2, 0.25) is 0 Å². The number of methoxy groups -OCH3 is 2. The number of carbonyl (C=O) groups excluding carboxylic acids is 1. The summed E-state index contributed by atoms with van der Waals surface area (Å²) in [6.07, 6.45) is 0.538. The van der Waals surface area contributed by atoms with Gasteiger partial charge in [0.05, 0.1) is 19.9 Å². The number of anilines is 1. The summed E-state index contributed by atoms with van der Waals surface area (Å²) in [5.74, 6) is 2.58. The van der Waals surface area contributed by atoms with Crippen molar-refractivity contribution in [3.05, 3.63) is 59.3 Å². The molecule has 2 heterocycles. The van der Waals surface area contributed by atoms with Gasteiger partial charge in [0.2, 0.25) is 17.6 Å². The zero-order chi connectivity index (χ0) is 24.1. The van der Waals surface area contributed by atoms with Crippen LogP contribution in [0.4, 0.5) is 5.13 Å². The average Bonchev–Trinajstić information content (AvgIpc) is 3.52. The van der Waals surface area contributed by atoms with E-state index < -0.39 is 0 Å². The number of benzene rings is 2. The van der Waals surface area contributed by atoms with E-state index in [1.807, 2.05) is 35.7 Å². The number of amides is 1. The summed E-state index contributed by atoms with van der Waals surface area (Å²) in [6.45, 7) is 4.30. The van der Waals surface area contributed by atoms with E-state index in [2.05, 4.69) is 46.4 Å². The third-order valence-electron chi connectivity index (χ3n) is 5.30. The van der Waals surface area contributed by atoms with Crippen LogP contribution >= 0.6 is 11.3 Å². The van der Waals surface area contributed by atoms with E-state index in [1.165, 1.54) is 16.9 Å². The molecule has 0 saturated carbocycles. The van der Waals surface area contributed by atoms with Crippen LogP contribution in [0.5, 0.6) is 11.5 Å². The van der Waals surface area contributed by atoms with Crippen LogP contribution in [0.1, 0.15) is 37.6 Å². The van der Waals surface area contributed by atoms with Gasteiger partial charge in [0.1, 0.15) is 11.5 Å². The van der Waals surface area contributed by atoms with Crippen molar-refractivity contribution < 1.29 is 18.8 Å². The summed E-state index contributed by atoms with van der Waals surface area (Å²) in [5, 5.41) is 9.23. The summed E-state index contributed by atoms with van der Waals surface area (Å²) in [6, 6.07) is 13.6. The predicted octanol–water partition coefficient (Wildman–Crippen LogP) is 5.57. The van der Waals surface area contributed by atoms with E-state index in [0.717, 1.165) is 11.1 Å². The molecule has 0 unspecified atom stereocenters. The van der Waals surface area contributed by atoms with E-state index in [-0.39, 0.29) is 12.3 Å². The molecular formula is C25H26N4O4S. The first-order valence-corrected chi connectivity index (χ1v) is 11.8. The topological polar surface area (TPSA) is 99.4 Å². The van der Waals surface area contributed by atoms with E-state index in [9.17, 15) is 4.79 Å². The summed E-state index contributed by atoms with van der Waals surface area (Å²) in [5.41, 5.74) is 3.62. The highest BCUT2D eigenvalue weighted by Gasteiger charge is 2.15. The lowest BCUT2D eigenvalue weighted by molar-refractivity contribution is -0.116. The van der Waals surface area contributed by atoms with Crippen LogP contribution in [-0.4, -0.2) is 35.3 Å². The first-order chi connectivity index (χ1) is 16.5. The van der Waals surface area contributed by atoms with Gasteiger partial charge in [-0.2, -0.15) is 4.98 Å². The summed E-state index contributed by atoms with van der Waals surface area (Å²) >= 11 is 1.34. The molecule has 0 atom stereocenters. The second kappa shape index (κ2) is 10.5.